The zero-order chi connectivity index (χ0) is 13.0. The van der Waals surface area contributed by atoms with E-state index in [2.05, 4.69) is 47.8 Å². The molecule has 2 heterocycles. The molecule has 4 heteroatoms. The van der Waals surface area contributed by atoms with E-state index in [0.717, 1.165) is 39.4 Å². The van der Waals surface area contributed by atoms with Crippen LogP contribution in [0.4, 0.5) is 0 Å². The zero-order valence-electron chi connectivity index (χ0n) is 11.8. The number of hydrogen-bond acceptors (Lipinski definition) is 4. The summed E-state index contributed by atoms with van der Waals surface area (Å²) in [5.41, 5.74) is 1.65. The lowest BCUT2D eigenvalue weighted by atomic mass is 9.89. The Kier molecular flexibility index (Phi) is 4.78. The summed E-state index contributed by atoms with van der Waals surface area (Å²) in [6, 6.07) is 2.22. The molecule has 2 N–H and O–H groups in total. The van der Waals surface area contributed by atoms with Crippen LogP contribution < -0.4 is 10.6 Å². The van der Waals surface area contributed by atoms with E-state index >= 15 is 0 Å². The lowest BCUT2D eigenvalue weighted by Gasteiger charge is -2.30. The van der Waals surface area contributed by atoms with Gasteiger partial charge in [0.05, 0.1) is 0 Å². The lowest BCUT2D eigenvalue weighted by Crippen LogP contribution is -2.48. The van der Waals surface area contributed by atoms with Crippen LogP contribution in [0, 0.1) is 6.92 Å². The third kappa shape index (κ3) is 3.54. The Hall–Kier alpha value is -0.420. The topological polar surface area (TPSA) is 27.3 Å². The average Bonchev–Trinajstić information content (AvgIpc) is 2.77. The highest BCUT2D eigenvalue weighted by atomic mass is 32.1. The van der Waals surface area contributed by atoms with Gasteiger partial charge in [-0.25, -0.2) is 0 Å². The van der Waals surface area contributed by atoms with Crippen molar-refractivity contribution >= 4 is 11.3 Å². The van der Waals surface area contributed by atoms with Crippen LogP contribution in [0.2, 0.25) is 0 Å². The van der Waals surface area contributed by atoms with Gasteiger partial charge in [0.1, 0.15) is 0 Å². The van der Waals surface area contributed by atoms with Crippen LogP contribution >= 0.6 is 11.3 Å². The second kappa shape index (κ2) is 6.15. The fourth-order valence-corrected chi connectivity index (χ4v) is 3.60. The number of thiophene rings is 1. The number of piperazine rings is 1. The van der Waals surface area contributed by atoms with Crippen LogP contribution in [0.25, 0.3) is 0 Å². The number of rotatable bonds is 5. The van der Waals surface area contributed by atoms with Gasteiger partial charge in [0.25, 0.3) is 0 Å². The summed E-state index contributed by atoms with van der Waals surface area (Å²) < 4.78 is 0. The molecule has 102 valence electrons. The Bertz CT molecular complexity index is 367. The molecule has 1 aromatic rings. The fraction of sp³-hybridized carbons (Fsp3) is 0.714. The van der Waals surface area contributed by atoms with Crippen molar-refractivity contribution in [3.63, 3.8) is 0 Å². The minimum Gasteiger partial charge on any atom is -0.314 e. The van der Waals surface area contributed by atoms with E-state index in [1.54, 1.807) is 0 Å². The molecule has 1 saturated heterocycles. The predicted molar refractivity (Wildman–Crippen MR) is 79.4 cm³/mol. The van der Waals surface area contributed by atoms with Crippen molar-refractivity contribution in [3.8, 4) is 0 Å². The van der Waals surface area contributed by atoms with E-state index in [9.17, 15) is 0 Å². The largest absolute Gasteiger partial charge is 0.314 e. The number of nitrogens with one attached hydrogen (secondary N) is 2. The van der Waals surface area contributed by atoms with Gasteiger partial charge >= 0.3 is 0 Å². The maximum absolute atomic E-state index is 3.62. The van der Waals surface area contributed by atoms with E-state index in [1.807, 2.05) is 11.3 Å². The molecule has 3 nitrogen and oxygen atoms in total. The molecule has 1 aliphatic rings. The molecule has 0 unspecified atom stereocenters. The van der Waals surface area contributed by atoms with Gasteiger partial charge in [0, 0.05) is 49.7 Å². The van der Waals surface area contributed by atoms with E-state index in [0.29, 0.717) is 0 Å². The summed E-state index contributed by atoms with van der Waals surface area (Å²) in [7, 11) is 0. The van der Waals surface area contributed by atoms with Gasteiger partial charge in [0.2, 0.25) is 0 Å². The normalized spacial score (nSPS) is 18.2. The first-order chi connectivity index (χ1) is 8.59. The van der Waals surface area contributed by atoms with Gasteiger partial charge in [-0.2, -0.15) is 0 Å². The first kappa shape index (κ1) is 14.0. The highest BCUT2D eigenvalue weighted by molar-refractivity contribution is 7.10. The van der Waals surface area contributed by atoms with Gasteiger partial charge in [-0.15, -0.1) is 11.3 Å². The van der Waals surface area contributed by atoms with Gasteiger partial charge in [-0.05, 0) is 23.9 Å². The molecular weight excluding hydrogens is 242 g/mol. The molecule has 2 rings (SSSR count). The molecule has 0 aromatic carbocycles. The summed E-state index contributed by atoms with van der Waals surface area (Å²) in [5, 5.41) is 9.20. The summed E-state index contributed by atoms with van der Waals surface area (Å²) in [5.74, 6) is 0. The quantitative estimate of drug-likeness (QED) is 0.852. The summed E-state index contributed by atoms with van der Waals surface area (Å²) in [4.78, 5) is 3.99. The van der Waals surface area contributed by atoms with Crippen molar-refractivity contribution in [2.75, 3.05) is 39.4 Å². The van der Waals surface area contributed by atoms with Crippen molar-refractivity contribution in [1.29, 1.82) is 0 Å². The third-order valence-electron chi connectivity index (χ3n) is 3.59. The summed E-state index contributed by atoms with van der Waals surface area (Å²) >= 11 is 1.88. The molecule has 18 heavy (non-hydrogen) atoms. The minimum atomic E-state index is 0.228. The Morgan fingerprint density at radius 2 is 2.11 bits per heavy atom. The second-order valence-electron chi connectivity index (χ2n) is 5.77. The third-order valence-corrected chi connectivity index (χ3v) is 4.97. The first-order valence-corrected chi connectivity index (χ1v) is 7.66. The van der Waals surface area contributed by atoms with Crippen LogP contribution in [-0.4, -0.2) is 44.3 Å². The Labute approximate surface area is 115 Å². The Balaban J connectivity index is 1.80. The average molecular weight is 267 g/mol. The smallest absolute Gasteiger partial charge is 0.0481 e. The van der Waals surface area contributed by atoms with Crippen molar-refractivity contribution in [2.45, 2.75) is 26.2 Å². The van der Waals surface area contributed by atoms with E-state index < -0.39 is 0 Å². The molecule has 0 radical (unpaired) electrons. The molecule has 0 atom stereocenters. The maximum Gasteiger partial charge on any atom is 0.0481 e. The van der Waals surface area contributed by atoms with Crippen LogP contribution in [0.3, 0.4) is 0 Å². The van der Waals surface area contributed by atoms with E-state index in [1.165, 1.54) is 10.4 Å². The highest BCUT2D eigenvalue weighted by Crippen LogP contribution is 2.30. The Morgan fingerprint density at radius 3 is 2.72 bits per heavy atom. The minimum absolute atomic E-state index is 0.228. The van der Waals surface area contributed by atoms with Crippen molar-refractivity contribution in [2.24, 2.45) is 0 Å². The number of aryl methyl sites for hydroxylation is 1. The van der Waals surface area contributed by atoms with Crippen LogP contribution in [0.15, 0.2) is 11.4 Å². The molecule has 1 aliphatic heterocycles. The molecule has 0 saturated carbocycles. The van der Waals surface area contributed by atoms with Gasteiger partial charge in [0.15, 0.2) is 0 Å². The molecule has 0 bridgehead atoms. The molecule has 1 fully saturated rings. The van der Waals surface area contributed by atoms with Gasteiger partial charge in [-0.1, -0.05) is 13.8 Å². The van der Waals surface area contributed by atoms with Crippen molar-refractivity contribution in [1.82, 2.24) is 15.5 Å². The van der Waals surface area contributed by atoms with Crippen LogP contribution in [-0.2, 0) is 5.41 Å². The fourth-order valence-electron chi connectivity index (χ4n) is 2.54. The standard InChI is InChI=1S/C14H25N3S/c1-12-4-9-18-13(12)14(2,3)10-16-11-17-7-5-15-6-8-17/h4,9,15-16H,5-8,10-11H2,1-3H3. The number of nitrogens with zero attached hydrogens (tertiary/aromatic N) is 1. The van der Waals surface area contributed by atoms with Crippen LogP contribution in [0.5, 0.6) is 0 Å². The SMILES string of the molecule is Cc1ccsc1C(C)(C)CNCN1CCNCC1. The van der Waals surface area contributed by atoms with Crippen molar-refractivity contribution < 1.29 is 0 Å². The Morgan fingerprint density at radius 1 is 1.39 bits per heavy atom. The highest BCUT2D eigenvalue weighted by Gasteiger charge is 2.23. The molecule has 1 aromatic heterocycles. The van der Waals surface area contributed by atoms with E-state index in [-0.39, 0.29) is 5.41 Å². The molecule has 0 spiro atoms. The van der Waals surface area contributed by atoms with Crippen LogP contribution in [0.1, 0.15) is 24.3 Å². The summed E-state index contributed by atoms with van der Waals surface area (Å²) in [6.07, 6.45) is 0. The maximum atomic E-state index is 3.62. The second-order valence-corrected chi connectivity index (χ2v) is 6.69. The predicted octanol–water partition coefficient (Wildman–Crippen LogP) is 1.79. The number of hydrogen-bond donors (Lipinski definition) is 2. The van der Waals surface area contributed by atoms with Gasteiger partial charge in [-0.3, -0.25) is 4.90 Å². The monoisotopic (exact) mass is 267 g/mol. The first-order valence-electron chi connectivity index (χ1n) is 6.78. The van der Waals surface area contributed by atoms with Gasteiger partial charge < -0.3 is 10.6 Å². The van der Waals surface area contributed by atoms with E-state index in [4.69, 9.17) is 0 Å². The lowest BCUT2D eigenvalue weighted by molar-refractivity contribution is 0.218. The molecular formula is C14H25N3S. The molecule has 0 amide bonds. The summed E-state index contributed by atoms with van der Waals surface area (Å²) in [6.45, 7) is 13.5. The molecule has 0 aliphatic carbocycles. The van der Waals surface area contributed by atoms with Crippen molar-refractivity contribution in [3.05, 3.63) is 21.9 Å². The zero-order valence-corrected chi connectivity index (χ0v) is 12.6.